The Morgan fingerprint density at radius 1 is 1.07 bits per heavy atom. The number of fused-ring (bicyclic) bond motifs is 3. The van der Waals surface area contributed by atoms with Gasteiger partial charge >= 0.3 is 0 Å². The third-order valence-electron chi connectivity index (χ3n) is 2.31. The Balaban J connectivity index is 2.61. The molecule has 0 saturated carbocycles. The lowest BCUT2D eigenvalue weighted by Gasteiger charge is -2.00. The van der Waals surface area contributed by atoms with Gasteiger partial charge < -0.3 is 0 Å². The highest BCUT2D eigenvalue weighted by Crippen LogP contribution is 2.21. The molecule has 1 radical (unpaired) electrons. The third kappa shape index (κ3) is 0.973. The molecule has 0 unspecified atom stereocenters. The van der Waals surface area contributed by atoms with Gasteiger partial charge in [0.1, 0.15) is 0 Å². The van der Waals surface area contributed by atoms with Crippen LogP contribution in [0.15, 0.2) is 42.7 Å². The smallest absolute Gasteiger partial charge is 0.0978 e. The van der Waals surface area contributed by atoms with Crippen molar-refractivity contribution in [2.75, 3.05) is 0 Å². The summed E-state index contributed by atoms with van der Waals surface area (Å²) in [5.41, 5.74) is 0.990. The molecule has 3 aromatic rings. The minimum absolute atomic E-state index is 0.990. The monoisotopic (exact) mass is 179 g/mol. The van der Waals surface area contributed by atoms with Crippen molar-refractivity contribution in [3.8, 4) is 0 Å². The number of nitrogens with zero attached hydrogens (tertiary/aromatic N) is 2. The Labute approximate surface area is 81.2 Å². The third-order valence-corrected chi connectivity index (χ3v) is 2.31. The molecular formula is C12H7N2. The van der Waals surface area contributed by atoms with Crippen molar-refractivity contribution in [3.63, 3.8) is 0 Å². The molecule has 3 rings (SSSR count). The Kier molecular flexibility index (Phi) is 1.47. The van der Waals surface area contributed by atoms with E-state index in [1.54, 1.807) is 6.20 Å². The maximum absolute atomic E-state index is 4.36. The van der Waals surface area contributed by atoms with Gasteiger partial charge in [-0.25, -0.2) is 0 Å². The molecule has 0 saturated heterocycles. The second kappa shape index (κ2) is 2.77. The van der Waals surface area contributed by atoms with E-state index in [9.17, 15) is 0 Å². The number of benzene rings is 1. The van der Waals surface area contributed by atoms with Crippen molar-refractivity contribution in [1.82, 2.24) is 9.97 Å². The zero-order valence-corrected chi connectivity index (χ0v) is 7.44. The van der Waals surface area contributed by atoms with E-state index >= 15 is 0 Å². The average molecular weight is 179 g/mol. The maximum Gasteiger partial charge on any atom is 0.0978 e. The number of hydrogen-bond acceptors (Lipinski definition) is 2. The van der Waals surface area contributed by atoms with Crippen LogP contribution < -0.4 is 0 Å². The summed E-state index contributed by atoms with van der Waals surface area (Å²) < 4.78 is 0. The molecule has 2 aromatic heterocycles. The molecule has 0 fully saturated rings. The second-order valence-corrected chi connectivity index (χ2v) is 3.16. The van der Waals surface area contributed by atoms with Crippen molar-refractivity contribution in [2.24, 2.45) is 0 Å². The first-order chi connectivity index (χ1) is 6.95. The van der Waals surface area contributed by atoms with E-state index in [0.29, 0.717) is 0 Å². The quantitative estimate of drug-likeness (QED) is 0.496. The molecule has 0 amide bonds. The topological polar surface area (TPSA) is 25.8 Å². The Hall–Kier alpha value is -1.96. The van der Waals surface area contributed by atoms with E-state index in [1.807, 2.05) is 36.5 Å². The first kappa shape index (κ1) is 7.44. The summed E-state index contributed by atoms with van der Waals surface area (Å²) in [4.78, 5) is 8.37. The van der Waals surface area contributed by atoms with E-state index in [0.717, 1.165) is 21.7 Å². The molecule has 0 aliphatic heterocycles. The largest absolute Gasteiger partial charge is 0.256 e. The van der Waals surface area contributed by atoms with Crippen LogP contribution in [-0.4, -0.2) is 9.97 Å². The summed E-state index contributed by atoms with van der Waals surface area (Å²) in [6, 6.07) is 9.98. The van der Waals surface area contributed by atoms with Gasteiger partial charge in [-0.2, -0.15) is 0 Å². The van der Waals surface area contributed by atoms with Crippen LogP contribution in [0.1, 0.15) is 0 Å². The van der Waals surface area contributed by atoms with Crippen LogP contribution in [0.5, 0.6) is 0 Å². The normalized spacial score (nSPS) is 10.9. The lowest BCUT2D eigenvalue weighted by atomic mass is 10.1. The Morgan fingerprint density at radius 2 is 2.00 bits per heavy atom. The first-order valence-electron chi connectivity index (χ1n) is 4.45. The molecule has 2 nitrogen and oxygen atoms in total. The van der Waals surface area contributed by atoms with Crippen LogP contribution in [0.2, 0.25) is 0 Å². The van der Waals surface area contributed by atoms with Gasteiger partial charge in [0.15, 0.2) is 0 Å². The predicted octanol–water partition coefficient (Wildman–Crippen LogP) is 2.58. The van der Waals surface area contributed by atoms with Crippen LogP contribution in [-0.2, 0) is 0 Å². The highest BCUT2D eigenvalue weighted by atomic mass is 14.7. The van der Waals surface area contributed by atoms with Crippen LogP contribution in [0.4, 0.5) is 0 Å². The molecule has 0 atom stereocenters. The molecule has 0 aliphatic rings. The van der Waals surface area contributed by atoms with E-state index in [1.165, 1.54) is 0 Å². The molecule has 0 spiro atoms. The van der Waals surface area contributed by atoms with Crippen molar-refractivity contribution in [1.29, 1.82) is 0 Å². The summed E-state index contributed by atoms with van der Waals surface area (Å²) in [6.07, 6.45) is 6.60. The molecule has 0 aliphatic carbocycles. The molecule has 0 N–H and O–H groups in total. The van der Waals surface area contributed by atoms with Crippen LogP contribution in [0.25, 0.3) is 21.7 Å². The van der Waals surface area contributed by atoms with Gasteiger partial charge in [-0.1, -0.05) is 18.2 Å². The van der Waals surface area contributed by atoms with Gasteiger partial charge in [-0.3, -0.25) is 9.97 Å². The summed E-state index contributed by atoms with van der Waals surface area (Å²) in [5.74, 6) is 0. The van der Waals surface area contributed by atoms with E-state index in [-0.39, 0.29) is 0 Å². The van der Waals surface area contributed by atoms with Crippen molar-refractivity contribution < 1.29 is 0 Å². The highest BCUT2D eigenvalue weighted by Gasteiger charge is 1.99. The van der Waals surface area contributed by atoms with Crippen LogP contribution in [0.3, 0.4) is 0 Å². The highest BCUT2D eigenvalue weighted by molar-refractivity contribution is 6.04. The minimum atomic E-state index is 0.990. The zero-order valence-electron chi connectivity index (χ0n) is 7.44. The number of rotatable bonds is 0. The van der Waals surface area contributed by atoms with Gasteiger partial charge in [-0.15, -0.1) is 0 Å². The summed E-state index contributed by atoms with van der Waals surface area (Å²) >= 11 is 0. The van der Waals surface area contributed by atoms with Crippen LogP contribution in [0, 0.1) is 6.20 Å². The number of para-hydroxylation sites is 1. The lowest BCUT2D eigenvalue weighted by molar-refractivity contribution is 1.34. The lowest BCUT2D eigenvalue weighted by Crippen LogP contribution is -1.82. The standard InChI is InChI=1S/C12H7N2/c1-2-4-12-10(3-1)11-8-13-6-5-9(11)7-14-12/h1-7H. The molecule has 0 bridgehead atoms. The summed E-state index contributed by atoms with van der Waals surface area (Å²) in [6.45, 7) is 0. The fourth-order valence-corrected chi connectivity index (χ4v) is 1.63. The number of pyridine rings is 2. The van der Waals surface area contributed by atoms with E-state index in [2.05, 4.69) is 16.2 Å². The average Bonchev–Trinajstić information content (AvgIpc) is 2.29. The molecule has 1 aromatic carbocycles. The minimum Gasteiger partial charge on any atom is -0.256 e. The van der Waals surface area contributed by atoms with Gasteiger partial charge in [0.25, 0.3) is 0 Å². The summed E-state index contributed by atoms with van der Waals surface area (Å²) in [5, 5.41) is 3.23. The van der Waals surface area contributed by atoms with Crippen molar-refractivity contribution in [2.45, 2.75) is 0 Å². The molecule has 14 heavy (non-hydrogen) atoms. The SMILES string of the molecule is [c]1nccc2cnc3ccccc3c12. The predicted molar refractivity (Wildman–Crippen MR) is 55.9 cm³/mol. The Bertz CT molecular complexity index is 547. The van der Waals surface area contributed by atoms with E-state index < -0.39 is 0 Å². The zero-order chi connectivity index (χ0) is 9.38. The van der Waals surface area contributed by atoms with E-state index in [4.69, 9.17) is 0 Å². The number of aromatic nitrogens is 2. The Morgan fingerprint density at radius 3 is 3.00 bits per heavy atom. The molecule has 2 heterocycles. The molecular weight excluding hydrogens is 172 g/mol. The van der Waals surface area contributed by atoms with Gasteiger partial charge in [-0.05, 0) is 12.1 Å². The van der Waals surface area contributed by atoms with Crippen molar-refractivity contribution in [3.05, 3.63) is 48.9 Å². The van der Waals surface area contributed by atoms with Gasteiger partial charge in [0, 0.05) is 28.6 Å². The summed E-state index contributed by atoms with van der Waals surface area (Å²) in [7, 11) is 0. The fraction of sp³-hybridized carbons (Fsp3) is 0. The molecule has 65 valence electrons. The molecule has 2 heteroatoms. The fourth-order valence-electron chi connectivity index (χ4n) is 1.63. The first-order valence-corrected chi connectivity index (χ1v) is 4.45. The number of hydrogen-bond donors (Lipinski definition) is 0. The van der Waals surface area contributed by atoms with Crippen LogP contribution >= 0.6 is 0 Å². The second-order valence-electron chi connectivity index (χ2n) is 3.16. The van der Waals surface area contributed by atoms with Gasteiger partial charge in [0.05, 0.1) is 11.7 Å². The van der Waals surface area contributed by atoms with Crippen molar-refractivity contribution >= 4 is 21.7 Å². The maximum atomic E-state index is 4.36. The van der Waals surface area contributed by atoms with Gasteiger partial charge in [0.2, 0.25) is 0 Å².